The summed E-state index contributed by atoms with van der Waals surface area (Å²) in [6.07, 6.45) is 0.741. The Morgan fingerprint density at radius 3 is 2.89 bits per heavy atom. The summed E-state index contributed by atoms with van der Waals surface area (Å²) >= 11 is 0. The summed E-state index contributed by atoms with van der Waals surface area (Å²) in [4.78, 5) is 21.6. The number of ether oxygens (including phenoxy) is 1. The van der Waals surface area contributed by atoms with Crippen LogP contribution in [0.1, 0.15) is 16.8 Å². The summed E-state index contributed by atoms with van der Waals surface area (Å²) in [6, 6.07) is 3.46. The molecule has 1 aliphatic rings. The molecule has 1 atom stereocenters. The van der Waals surface area contributed by atoms with E-state index in [2.05, 4.69) is 5.32 Å². The van der Waals surface area contributed by atoms with Gasteiger partial charge in [0.25, 0.3) is 5.91 Å². The molecule has 0 radical (unpaired) electrons. The van der Waals surface area contributed by atoms with Crippen LogP contribution in [-0.2, 0) is 4.74 Å². The minimum Gasteiger partial charge on any atom is -0.502 e. The number of benzene rings is 1. The lowest BCUT2D eigenvalue weighted by molar-refractivity contribution is -0.385. The molecule has 18 heavy (non-hydrogen) atoms. The van der Waals surface area contributed by atoms with Gasteiger partial charge in [0, 0.05) is 18.2 Å². The van der Waals surface area contributed by atoms with E-state index in [9.17, 15) is 20.0 Å². The minimum absolute atomic E-state index is 0.0464. The lowest BCUT2D eigenvalue weighted by atomic mass is 10.1. The fourth-order valence-corrected chi connectivity index (χ4v) is 1.74. The Labute approximate surface area is 103 Å². The van der Waals surface area contributed by atoms with Gasteiger partial charge in [-0.25, -0.2) is 0 Å². The molecule has 0 saturated carbocycles. The highest BCUT2D eigenvalue weighted by Crippen LogP contribution is 2.26. The van der Waals surface area contributed by atoms with Crippen LogP contribution in [0.5, 0.6) is 5.75 Å². The number of nitrogens with zero attached hydrogens (tertiary/aromatic N) is 1. The summed E-state index contributed by atoms with van der Waals surface area (Å²) in [6.45, 7) is 1.07. The molecule has 1 fully saturated rings. The number of phenolic OH excluding ortho intramolecular Hbond substituents is 1. The average Bonchev–Trinajstić information content (AvgIpc) is 2.81. The van der Waals surface area contributed by atoms with Crippen molar-refractivity contribution >= 4 is 11.6 Å². The van der Waals surface area contributed by atoms with Crippen molar-refractivity contribution in [3.63, 3.8) is 0 Å². The third-order valence-electron chi connectivity index (χ3n) is 2.70. The maximum absolute atomic E-state index is 11.8. The number of nitro benzene ring substituents is 1. The third kappa shape index (κ3) is 2.57. The van der Waals surface area contributed by atoms with E-state index in [1.807, 2.05) is 0 Å². The van der Waals surface area contributed by atoms with Crippen LogP contribution in [0.25, 0.3) is 0 Å². The fourth-order valence-electron chi connectivity index (χ4n) is 1.74. The molecule has 2 rings (SSSR count). The Balaban J connectivity index is 2.10. The number of hydrogen-bond donors (Lipinski definition) is 2. The normalized spacial score (nSPS) is 18.6. The predicted molar refractivity (Wildman–Crippen MR) is 61.5 cm³/mol. The van der Waals surface area contributed by atoms with Gasteiger partial charge in [-0.1, -0.05) is 0 Å². The number of nitrogens with one attached hydrogen (secondary N) is 1. The van der Waals surface area contributed by atoms with Crippen LogP contribution in [0, 0.1) is 10.1 Å². The van der Waals surface area contributed by atoms with Crippen LogP contribution in [0.3, 0.4) is 0 Å². The van der Waals surface area contributed by atoms with Gasteiger partial charge in [-0.3, -0.25) is 14.9 Å². The largest absolute Gasteiger partial charge is 0.502 e. The Morgan fingerprint density at radius 1 is 1.56 bits per heavy atom. The van der Waals surface area contributed by atoms with Crippen molar-refractivity contribution in [2.45, 2.75) is 12.5 Å². The van der Waals surface area contributed by atoms with Crippen LogP contribution >= 0.6 is 0 Å². The second-order valence-electron chi connectivity index (χ2n) is 3.99. The van der Waals surface area contributed by atoms with E-state index in [1.54, 1.807) is 0 Å². The topological polar surface area (TPSA) is 102 Å². The summed E-state index contributed by atoms with van der Waals surface area (Å²) in [7, 11) is 0. The minimum atomic E-state index is -0.707. The van der Waals surface area contributed by atoms with Crippen molar-refractivity contribution in [1.82, 2.24) is 5.32 Å². The van der Waals surface area contributed by atoms with Crippen LogP contribution in [-0.4, -0.2) is 35.2 Å². The number of aromatic hydroxyl groups is 1. The molecule has 1 amide bonds. The van der Waals surface area contributed by atoms with E-state index in [-0.39, 0.29) is 17.5 Å². The first kappa shape index (κ1) is 12.3. The standard InChI is InChI=1S/C11H12N2O5/c14-10-5-7(1-2-9(10)13(16)17)11(15)12-8-3-4-18-6-8/h1-2,5,8,14H,3-4,6H2,(H,12,15). The van der Waals surface area contributed by atoms with Crippen LogP contribution < -0.4 is 5.32 Å². The molecular weight excluding hydrogens is 240 g/mol. The van der Waals surface area contributed by atoms with Crippen molar-refractivity contribution in [1.29, 1.82) is 0 Å². The molecule has 1 aliphatic heterocycles. The predicted octanol–water partition coefficient (Wildman–Crippen LogP) is 0.819. The number of hydrogen-bond acceptors (Lipinski definition) is 5. The Bertz CT molecular complexity index is 482. The van der Waals surface area contributed by atoms with E-state index >= 15 is 0 Å². The first-order chi connectivity index (χ1) is 8.58. The monoisotopic (exact) mass is 252 g/mol. The number of amides is 1. The zero-order chi connectivity index (χ0) is 13.1. The maximum atomic E-state index is 11.8. The zero-order valence-corrected chi connectivity index (χ0v) is 9.46. The van der Waals surface area contributed by atoms with Gasteiger partial charge in [-0.05, 0) is 18.6 Å². The molecule has 0 bridgehead atoms. The van der Waals surface area contributed by atoms with Gasteiger partial charge in [0.05, 0.1) is 17.6 Å². The van der Waals surface area contributed by atoms with Crippen molar-refractivity contribution in [2.75, 3.05) is 13.2 Å². The Morgan fingerprint density at radius 2 is 2.33 bits per heavy atom. The molecule has 1 saturated heterocycles. The van der Waals surface area contributed by atoms with Crippen molar-refractivity contribution in [3.8, 4) is 5.75 Å². The van der Waals surface area contributed by atoms with Crippen LogP contribution in [0.2, 0.25) is 0 Å². The fraction of sp³-hybridized carbons (Fsp3) is 0.364. The summed E-state index contributed by atoms with van der Waals surface area (Å²) < 4.78 is 5.11. The highest BCUT2D eigenvalue weighted by Gasteiger charge is 2.20. The third-order valence-corrected chi connectivity index (χ3v) is 2.70. The molecule has 0 spiro atoms. The molecule has 1 heterocycles. The van der Waals surface area contributed by atoms with E-state index in [0.717, 1.165) is 18.6 Å². The number of phenols is 1. The molecule has 0 aromatic heterocycles. The van der Waals surface area contributed by atoms with Gasteiger partial charge < -0.3 is 15.2 Å². The second kappa shape index (κ2) is 5.01. The van der Waals surface area contributed by atoms with Crippen molar-refractivity contribution in [3.05, 3.63) is 33.9 Å². The molecule has 0 aliphatic carbocycles. The van der Waals surface area contributed by atoms with Gasteiger partial charge in [0.1, 0.15) is 0 Å². The number of rotatable bonds is 3. The maximum Gasteiger partial charge on any atom is 0.310 e. The summed E-state index contributed by atoms with van der Waals surface area (Å²) in [5.74, 6) is -0.897. The molecule has 1 unspecified atom stereocenters. The van der Waals surface area contributed by atoms with Crippen molar-refractivity contribution in [2.24, 2.45) is 0 Å². The van der Waals surface area contributed by atoms with E-state index in [0.29, 0.717) is 13.2 Å². The number of carbonyl (C=O) groups excluding carboxylic acids is 1. The van der Waals surface area contributed by atoms with E-state index < -0.39 is 16.4 Å². The van der Waals surface area contributed by atoms with Gasteiger partial charge in [0.2, 0.25) is 0 Å². The Kier molecular flexibility index (Phi) is 3.42. The highest BCUT2D eigenvalue weighted by atomic mass is 16.6. The smallest absolute Gasteiger partial charge is 0.310 e. The zero-order valence-electron chi connectivity index (χ0n) is 9.46. The van der Waals surface area contributed by atoms with Gasteiger partial charge in [0.15, 0.2) is 5.75 Å². The molecule has 7 heteroatoms. The van der Waals surface area contributed by atoms with E-state index in [1.165, 1.54) is 6.07 Å². The Hall–Kier alpha value is -2.15. The lowest BCUT2D eigenvalue weighted by Gasteiger charge is -2.10. The molecule has 1 aromatic rings. The van der Waals surface area contributed by atoms with Crippen LogP contribution in [0.4, 0.5) is 5.69 Å². The molecule has 96 valence electrons. The lowest BCUT2D eigenvalue weighted by Crippen LogP contribution is -2.34. The first-order valence-corrected chi connectivity index (χ1v) is 5.44. The average molecular weight is 252 g/mol. The number of carbonyl (C=O) groups is 1. The second-order valence-corrected chi connectivity index (χ2v) is 3.99. The van der Waals surface area contributed by atoms with Crippen LogP contribution in [0.15, 0.2) is 18.2 Å². The molecule has 7 nitrogen and oxygen atoms in total. The molecule has 1 aromatic carbocycles. The van der Waals surface area contributed by atoms with Gasteiger partial charge >= 0.3 is 5.69 Å². The first-order valence-electron chi connectivity index (χ1n) is 5.44. The SMILES string of the molecule is O=C(NC1CCOC1)c1ccc([N+](=O)[O-])c(O)c1. The van der Waals surface area contributed by atoms with Gasteiger partial charge in [-0.15, -0.1) is 0 Å². The van der Waals surface area contributed by atoms with E-state index in [4.69, 9.17) is 4.74 Å². The highest BCUT2D eigenvalue weighted by molar-refractivity contribution is 5.95. The van der Waals surface area contributed by atoms with Crippen molar-refractivity contribution < 1.29 is 19.6 Å². The summed E-state index contributed by atoms with van der Waals surface area (Å²) in [5.41, 5.74) is -0.235. The molecule has 2 N–H and O–H groups in total. The number of nitro groups is 1. The van der Waals surface area contributed by atoms with Gasteiger partial charge in [-0.2, -0.15) is 0 Å². The summed E-state index contributed by atoms with van der Waals surface area (Å²) in [5, 5.41) is 22.7. The molecular formula is C11H12N2O5. The quantitative estimate of drug-likeness (QED) is 0.612.